The van der Waals surface area contributed by atoms with E-state index in [1.807, 2.05) is 13.8 Å². The Balaban J connectivity index is 1.70. The van der Waals surface area contributed by atoms with Gasteiger partial charge in [-0.05, 0) is 63.0 Å². The summed E-state index contributed by atoms with van der Waals surface area (Å²) >= 11 is 1.22. The molecule has 1 aromatic rings. The minimum Gasteiger partial charge on any atom is -0.274 e. The zero-order valence-corrected chi connectivity index (χ0v) is 13.3. The van der Waals surface area contributed by atoms with E-state index < -0.39 is 10.0 Å². The number of nitrogens with one attached hydrogen (secondary N) is 1. The summed E-state index contributed by atoms with van der Waals surface area (Å²) in [6, 6.07) is 1.63. The summed E-state index contributed by atoms with van der Waals surface area (Å²) in [6.07, 6.45) is 3.97. The molecule has 0 saturated heterocycles. The molecule has 4 nitrogen and oxygen atoms in total. The predicted molar refractivity (Wildman–Crippen MR) is 78.1 cm³/mol. The maximum absolute atomic E-state index is 12.2. The van der Waals surface area contributed by atoms with Gasteiger partial charge < -0.3 is 0 Å². The van der Waals surface area contributed by atoms with Crippen LogP contribution in [-0.4, -0.2) is 14.3 Å². The van der Waals surface area contributed by atoms with Gasteiger partial charge in [0.15, 0.2) is 0 Å². The fraction of sp³-hybridized carbons (Fsp3) is 0.643. The van der Waals surface area contributed by atoms with E-state index in [-0.39, 0.29) is 16.0 Å². The lowest BCUT2D eigenvalue weighted by Crippen LogP contribution is -2.36. The van der Waals surface area contributed by atoms with Gasteiger partial charge in [-0.3, -0.25) is 4.79 Å². The highest BCUT2D eigenvalue weighted by molar-refractivity contribution is 7.92. The number of aryl methyl sites for hydroxylation is 2. The first kappa shape index (κ1) is 14.1. The van der Waals surface area contributed by atoms with Crippen molar-refractivity contribution in [1.29, 1.82) is 0 Å². The van der Waals surface area contributed by atoms with Crippen molar-refractivity contribution in [3.63, 3.8) is 0 Å². The van der Waals surface area contributed by atoms with E-state index in [0.29, 0.717) is 5.92 Å². The fourth-order valence-corrected chi connectivity index (χ4v) is 5.59. The second-order valence-electron chi connectivity index (χ2n) is 6.04. The summed E-state index contributed by atoms with van der Waals surface area (Å²) in [7, 11) is -3.70. The van der Waals surface area contributed by atoms with E-state index in [1.54, 1.807) is 6.07 Å². The van der Waals surface area contributed by atoms with Crippen LogP contribution in [0.2, 0.25) is 0 Å². The van der Waals surface area contributed by atoms with Gasteiger partial charge in [0.1, 0.15) is 4.21 Å². The van der Waals surface area contributed by atoms with Crippen molar-refractivity contribution >= 4 is 27.3 Å². The molecular weight excluding hydrogens is 294 g/mol. The number of amides is 1. The third-order valence-corrected chi connectivity index (χ3v) is 7.53. The van der Waals surface area contributed by atoms with Crippen LogP contribution in [0.25, 0.3) is 0 Å². The lowest BCUT2D eigenvalue weighted by molar-refractivity contribution is -0.124. The van der Waals surface area contributed by atoms with Crippen LogP contribution in [0.5, 0.6) is 0 Å². The summed E-state index contributed by atoms with van der Waals surface area (Å²) in [5.74, 6) is 1.02. The fourth-order valence-electron chi connectivity index (χ4n) is 3.03. The Morgan fingerprint density at radius 2 is 2.00 bits per heavy atom. The SMILES string of the molecule is Cc1cc(S(=O)(=O)NC(=O)C2CCC3CC3C2)sc1C. The molecule has 1 heterocycles. The number of rotatable bonds is 3. The summed E-state index contributed by atoms with van der Waals surface area (Å²) in [5, 5.41) is 0. The van der Waals surface area contributed by atoms with Gasteiger partial charge in [-0.1, -0.05) is 0 Å². The Morgan fingerprint density at radius 3 is 2.60 bits per heavy atom. The molecule has 1 N–H and O–H groups in total. The predicted octanol–water partition coefficient (Wildman–Crippen LogP) is 2.61. The topological polar surface area (TPSA) is 63.2 Å². The summed E-state index contributed by atoms with van der Waals surface area (Å²) < 4.78 is 26.9. The van der Waals surface area contributed by atoms with Crippen LogP contribution in [0.3, 0.4) is 0 Å². The number of carbonyl (C=O) groups excluding carboxylic acids is 1. The van der Waals surface area contributed by atoms with Gasteiger partial charge in [-0.25, -0.2) is 13.1 Å². The largest absolute Gasteiger partial charge is 0.274 e. The molecule has 3 atom stereocenters. The van der Waals surface area contributed by atoms with E-state index in [4.69, 9.17) is 0 Å². The first-order valence-electron chi connectivity index (χ1n) is 7.00. The molecule has 1 amide bonds. The van der Waals surface area contributed by atoms with Crippen molar-refractivity contribution in [2.24, 2.45) is 17.8 Å². The highest BCUT2D eigenvalue weighted by Crippen LogP contribution is 2.51. The zero-order valence-electron chi connectivity index (χ0n) is 11.7. The molecule has 3 rings (SSSR count). The van der Waals surface area contributed by atoms with E-state index in [1.165, 1.54) is 17.8 Å². The van der Waals surface area contributed by atoms with Gasteiger partial charge in [-0.2, -0.15) is 0 Å². The highest BCUT2D eigenvalue weighted by atomic mass is 32.2. The lowest BCUT2D eigenvalue weighted by Gasteiger charge is -2.20. The van der Waals surface area contributed by atoms with E-state index >= 15 is 0 Å². The molecule has 0 radical (unpaired) electrons. The number of fused-ring (bicyclic) bond motifs is 1. The molecule has 3 unspecified atom stereocenters. The van der Waals surface area contributed by atoms with Crippen LogP contribution in [0.4, 0.5) is 0 Å². The Bertz CT molecular complexity index is 628. The van der Waals surface area contributed by atoms with Crippen molar-refractivity contribution in [3.05, 3.63) is 16.5 Å². The van der Waals surface area contributed by atoms with E-state index in [2.05, 4.69) is 4.72 Å². The standard InChI is InChI=1S/C14H19NO3S2/c1-8-5-13(19-9(8)2)20(17,18)15-14(16)11-4-3-10-6-12(10)7-11/h5,10-12H,3-4,6-7H2,1-2H3,(H,15,16). The van der Waals surface area contributed by atoms with Crippen LogP contribution in [0, 0.1) is 31.6 Å². The van der Waals surface area contributed by atoms with Gasteiger partial charge in [0.25, 0.3) is 10.0 Å². The lowest BCUT2D eigenvalue weighted by atomic mass is 9.89. The quantitative estimate of drug-likeness (QED) is 0.933. The van der Waals surface area contributed by atoms with Gasteiger partial charge in [-0.15, -0.1) is 11.3 Å². The minimum atomic E-state index is -3.70. The highest BCUT2D eigenvalue weighted by Gasteiger charge is 2.44. The van der Waals surface area contributed by atoms with E-state index in [0.717, 1.165) is 35.6 Å². The monoisotopic (exact) mass is 313 g/mol. The molecule has 2 aliphatic rings. The molecule has 1 aromatic heterocycles. The maximum atomic E-state index is 12.2. The number of hydrogen-bond donors (Lipinski definition) is 1. The van der Waals surface area contributed by atoms with Crippen molar-refractivity contribution in [3.8, 4) is 0 Å². The Kier molecular flexibility index (Phi) is 3.41. The van der Waals surface area contributed by atoms with Crippen LogP contribution in [0.1, 0.15) is 36.1 Å². The van der Waals surface area contributed by atoms with Gasteiger partial charge in [0.05, 0.1) is 0 Å². The Hall–Kier alpha value is -0.880. The summed E-state index contributed by atoms with van der Waals surface area (Å²) in [4.78, 5) is 13.1. The average Bonchev–Trinajstić information content (AvgIpc) is 3.07. The summed E-state index contributed by atoms with van der Waals surface area (Å²) in [5.41, 5.74) is 0.946. The maximum Gasteiger partial charge on any atom is 0.273 e. The number of hydrogen-bond acceptors (Lipinski definition) is 4. The normalized spacial score (nSPS) is 28.8. The first-order valence-corrected chi connectivity index (χ1v) is 9.30. The minimum absolute atomic E-state index is 0.129. The zero-order chi connectivity index (χ0) is 14.5. The Morgan fingerprint density at radius 1 is 1.25 bits per heavy atom. The Labute approximate surface area is 123 Å². The van der Waals surface area contributed by atoms with Crippen LogP contribution in [0.15, 0.2) is 10.3 Å². The molecule has 0 aliphatic heterocycles. The molecular formula is C14H19NO3S2. The molecule has 6 heteroatoms. The number of sulfonamides is 1. The molecule has 2 aliphatic carbocycles. The second kappa shape index (κ2) is 4.84. The third kappa shape index (κ3) is 2.63. The van der Waals surface area contributed by atoms with Crippen LogP contribution in [-0.2, 0) is 14.8 Å². The summed E-state index contributed by atoms with van der Waals surface area (Å²) in [6.45, 7) is 3.76. The van der Waals surface area contributed by atoms with Gasteiger partial charge >= 0.3 is 0 Å². The first-order chi connectivity index (χ1) is 9.37. The molecule has 20 heavy (non-hydrogen) atoms. The van der Waals surface area contributed by atoms with Crippen LogP contribution >= 0.6 is 11.3 Å². The second-order valence-corrected chi connectivity index (χ2v) is 9.21. The van der Waals surface area contributed by atoms with E-state index in [9.17, 15) is 13.2 Å². The smallest absolute Gasteiger partial charge is 0.273 e. The molecule has 2 saturated carbocycles. The average molecular weight is 313 g/mol. The molecule has 110 valence electrons. The van der Waals surface area contributed by atoms with Crippen molar-refractivity contribution in [2.75, 3.05) is 0 Å². The number of thiophene rings is 1. The van der Waals surface area contributed by atoms with Gasteiger partial charge in [0.2, 0.25) is 5.91 Å². The van der Waals surface area contributed by atoms with Crippen LogP contribution < -0.4 is 4.72 Å². The van der Waals surface area contributed by atoms with Gasteiger partial charge in [0, 0.05) is 10.8 Å². The van der Waals surface area contributed by atoms with Crippen molar-refractivity contribution in [2.45, 2.75) is 43.7 Å². The molecule has 2 fully saturated rings. The third-order valence-electron chi connectivity index (χ3n) is 4.56. The number of carbonyl (C=O) groups is 1. The van der Waals surface area contributed by atoms with Crippen molar-refractivity contribution < 1.29 is 13.2 Å². The molecule has 0 aromatic carbocycles. The van der Waals surface area contributed by atoms with Crippen molar-refractivity contribution in [1.82, 2.24) is 4.72 Å². The molecule has 0 bridgehead atoms. The molecule has 0 spiro atoms.